The zero-order valence-electron chi connectivity index (χ0n) is 28.4. The third-order valence-corrected chi connectivity index (χ3v) is 10.2. The van der Waals surface area contributed by atoms with E-state index in [2.05, 4.69) is 193 Å². The van der Waals surface area contributed by atoms with Crippen LogP contribution in [0.25, 0.3) is 76.9 Å². The molecule has 0 N–H and O–H groups in total. The molecule has 10 rings (SSSR count). The number of rotatable bonds is 6. The molecule has 244 valence electrons. The molecule has 0 aliphatic rings. The highest BCUT2D eigenvalue weighted by Crippen LogP contribution is 2.45. The third-order valence-electron chi connectivity index (χ3n) is 10.2. The van der Waals surface area contributed by atoms with Crippen molar-refractivity contribution < 1.29 is 4.42 Å². The van der Waals surface area contributed by atoms with Gasteiger partial charge in [0.15, 0.2) is 0 Å². The first-order valence-electron chi connectivity index (χ1n) is 17.8. The molecule has 0 amide bonds. The Kier molecular flexibility index (Phi) is 7.18. The van der Waals surface area contributed by atoms with Crippen molar-refractivity contribution >= 4 is 60.5 Å². The van der Waals surface area contributed by atoms with Crippen molar-refractivity contribution in [3.8, 4) is 33.4 Å². The predicted molar refractivity (Wildman–Crippen MR) is 220 cm³/mol. The second-order valence-electron chi connectivity index (χ2n) is 13.4. The zero-order valence-corrected chi connectivity index (χ0v) is 28.4. The summed E-state index contributed by atoms with van der Waals surface area (Å²) < 4.78 is 6.28. The second-order valence-corrected chi connectivity index (χ2v) is 13.4. The predicted octanol–water partition coefficient (Wildman–Crippen LogP) is 14.4. The summed E-state index contributed by atoms with van der Waals surface area (Å²) in [5, 5.41) is 7.05. The molecule has 0 fully saturated rings. The maximum atomic E-state index is 6.28. The normalized spacial score (nSPS) is 11.5. The van der Waals surface area contributed by atoms with Gasteiger partial charge >= 0.3 is 0 Å². The molecule has 0 aliphatic carbocycles. The number of nitrogens with zero attached hydrogens (tertiary/aromatic N) is 1. The van der Waals surface area contributed by atoms with Crippen molar-refractivity contribution in [3.05, 3.63) is 200 Å². The smallest absolute Gasteiger partial charge is 0.136 e. The van der Waals surface area contributed by atoms with Crippen molar-refractivity contribution in [1.29, 1.82) is 0 Å². The van der Waals surface area contributed by atoms with Gasteiger partial charge in [0.1, 0.15) is 11.2 Å². The van der Waals surface area contributed by atoms with E-state index in [0.29, 0.717) is 0 Å². The van der Waals surface area contributed by atoms with Gasteiger partial charge in [-0.2, -0.15) is 0 Å². The molecule has 0 radical (unpaired) electrons. The van der Waals surface area contributed by atoms with E-state index in [4.69, 9.17) is 4.42 Å². The summed E-state index contributed by atoms with van der Waals surface area (Å²) in [5.41, 5.74) is 12.2. The SMILES string of the molecule is c1ccc(-c2ccc(N(c3ccc4ccc5cc6oc7ccccc7c6cc5c4c3)c3ccc(-c4ccccc4)cc3-c3ccccc3)cc2)cc1. The monoisotopic (exact) mass is 663 g/mol. The fourth-order valence-corrected chi connectivity index (χ4v) is 7.65. The summed E-state index contributed by atoms with van der Waals surface area (Å²) >= 11 is 0. The van der Waals surface area contributed by atoms with E-state index in [-0.39, 0.29) is 0 Å². The lowest BCUT2D eigenvalue weighted by molar-refractivity contribution is 0.669. The van der Waals surface area contributed by atoms with Crippen LogP contribution in [0.2, 0.25) is 0 Å². The minimum atomic E-state index is 0.912. The Morgan fingerprint density at radius 3 is 1.62 bits per heavy atom. The van der Waals surface area contributed by atoms with Crippen LogP contribution in [0.4, 0.5) is 17.1 Å². The molecule has 2 nitrogen and oxygen atoms in total. The van der Waals surface area contributed by atoms with Gasteiger partial charge < -0.3 is 9.32 Å². The van der Waals surface area contributed by atoms with E-state index >= 15 is 0 Å². The molecule has 0 saturated heterocycles. The van der Waals surface area contributed by atoms with Crippen LogP contribution in [-0.2, 0) is 0 Å². The first-order chi connectivity index (χ1) is 25.8. The van der Waals surface area contributed by atoms with Gasteiger partial charge in [0.05, 0.1) is 5.69 Å². The lowest BCUT2D eigenvalue weighted by atomic mass is 9.95. The Hall–Kier alpha value is -6.90. The Morgan fingerprint density at radius 2 is 0.865 bits per heavy atom. The number of anilines is 3. The van der Waals surface area contributed by atoms with Crippen LogP contribution >= 0.6 is 0 Å². The van der Waals surface area contributed by atoms with Gasteiger partial charge in [0.2, 0.25) is 0 Å². The largest absolute Gasteiger partial charge is 0.456 e. The van der Waals surface area contributed by atoms with Crippen LogP contribution in [0.1, 0.15) is 0 Å². The topological polar surface area (TPSA) is 16.4 Å². The number of hydrogen-bond donors (Lipinski definition) is 0. The van der Waals surface area contributed by atoms with Gasteiger partial charge in [0.25, 0.3) is 0 Å². The fourth-order valence-electron chi connectivity index (χ4n) is 7.65. The molecular formula is C50H33NO. The number of benzene rings is 9. The third kappa shape index (κ3) is 5.21. The number of furan rings is 1. The molecular weight excluding hydrogens is 631 g/mol. The van der Waals surface area contributed by atoms with Gasteiger partial charge in [-0.3, -0.25) is 0 Å². The highest BCUT2D eigenvalue weighted by Gasteiger charge is 2.20. The average molecular weight is 664 g/mol. The molecule has 1 aromatic heterocycles. The van der Waals surface area contributed by atoms with Crippen LogP contribution in [-0.4, -0.2) is 0 Å². The molecule has 0 aliphatic heterocycles. The lowest BCUT2D eigenvalue weighted by Gasteiger charge is -2.29. The van der Waals surface area contributed by atoms with E-state index in [9.17, 15) is 0 Å². The highest BCUT2D eigenvalue weighted by atomic mass is 16.3. The summed E-state index contributed by atoms with van der Waals surface area (Å²) in [6.07, 6.45) is 0. The average Bonchev–Trinajstić information content (AvgIpc) is 3.59. The Morgan fingerprint density at radius 1 is 0.308 bits per heavy atom. The van der Waals surface area contributed by atoms with Gasteiger partial charge in [-0.25, -0.2) is 0 Å². The van der Waals surface area contributed by atoms with Crippen LogP contribution in [0.5, 0.6) is 0 Å². The minimum Gasteiger partial charge on any atom is -0.456 e. The Labute approximate surface area is 302 Å². The molecule has 0 atom stereocenters. The standard InChI is InChI=1S/C50H33NO/c1-4-12-34(13-5-1)36-22-26-41(27-23-36)51(48-29-25-39(35-14-6-2-7-15-35)30-46(48)37-16-8-3-9-17-37)42-28-24-38-20-21-40-31-50-47(33-45(40)44(38)32-42)43-18-10-11-19-49(43)52-50/h1-33H. The first kappa shape index (κ1) is 30.0. The van der Waals surface area contributed by atoms with Crippen molar-refractivity contribution in [1.82, 2.24) is 0 Å². The summed E-state index contributed by atoms with van der Waals surface area (Å²) in [7, 11) is 0. The number of para-hydroxylation sites is 1. The highest BCUT2D eigenvalue weighted by molar-refractivity contribution is 6.17. The van der Waals surface area contributed by atoms with Gasteiger partial charge in [-0.1, -0.05) is 146 Å². The molecule has 0 saturated carbocycles. The summed E-state index contributed by atoms with van der Waals surface area (Å²) in [5.74, 6) is 0. The van der Waals surface area contributed by atoms with Crippen molar-refractivity contribution in [3.63, 3.8) is 0 Å². The quantitative estimate of drug-likeness (QED) is 0.165. The number of hydrogen-bond acceptors (Lipinski definition) is 2. The summed E-state index contributed by atoms with van der Waals surface area (Å²) in [6.45, 7) is 0. The van der Waals surface area contributed by atoms with E-state index in [1.54, 1.807) is 0 Å². The number of fused-ring (bicyclic) bond motifs is 6. The zero-order chi connectivity index (χ0) is 34.4. The van der Waals surface area contributed by atoms with Gasteiger partial charge in [-0.05, 0) is 104 Å². The summed E-state index contributed by atoms with van der Waals surface area (Å²) in [4.78, 5) is 2.41. The van der Waals surface area contributed by atoms with E-state index in [1.165, 1.54) is 49.5 Å². The molecule has 0 bridgehead atoms. The lowest BCUT2D eigenvalue weighted by Crippen LogP contribution is -2.11. The molecule has 1 heterocycles. The fraction of sp³-hybridized carbons (Fsp3) is 0. The Bertz CT molecular complexity index is 2870. The minimum absolute atomic E-state index is 0.912. The van der Waals surface area contributed by atoms with Crippen LogP contribution < -0.4 is 4.90 Å². The molecule has 0 spiro atoms. The van der Waals surface area contributed by atoms with Crippen LogP contribution in [0, 0.1) is 0 Å². The molecule has 0 unspecified atom stereocenters. The molecule has 2 heteroatoms. The van der Waals surface area contributed by atoms with Crippen molar-refractivity contribution in [2.24, 2.45) is 0 Å². The maximum Gasteiger partial charge on any atom is 0.136 e. The molecule has 52 heavy (non-hydrogen) atoms. The van der Waals surface area contributed by atoms with E-state index in [1.807, 2.05) is 12.1 Å². The van der Waals surface area contributed by atoms with Gasteiger partial charge in [-0.15, -0.1) is 0 Å². The van der Waals surface area contributed by atoms with Gasteiger partial charge in [0, 0.05) is 27.7 Å². The van der Waals surface area contributed by atoms with Crippen molar-refractivity contribution in [2.75, 3.05) is 4.90 Å². The van der Waals surface area contributed by atoms with Crippen molar-refractivity contribution in [2.45, 2.75) is 0 Å². The first-order valence-corrected chi connectivity index (χ1v) is 17.8. The van der Waals surface area contributed by atoms with Crippen LogP contribution in [0.15, 0.2) is 205 Å². The molecule has 9 aromatic carbocycles. The maximum absolute atomic E-state index is 6.28. The van der Waals surface area contributed by atoms with E-state index < -0.39 is 0 Å². The van der Waals surface area contributed by atoms with E-state index in [0.717, 1.165) is 44.4 Å². The second kappa shape index (κ2) is 12.5. The van der Waals surface area contributed by atoms with Crippen LogP contribution in [0.3, 0.4) is 0 Å². The molecule has 10 aromatic rings. The summed E-state index contributed by atoms with van der Waals surface area (Å²) in [6, 6.07) is 71.9. The Balaban J connectivity index is 1.21.